The summed E-state index contributed by atoms with van der Waals surface area (Å²) in [6.07, 6.45) is 0. The highest BCUT2D eigenvalue weighted by Gasteiger charge is 2.13. The van der Waals surface area contributed by atoms with Gasteiger partial charge in [0.25, 0.3) is 0 Å². The largest absolute Gasteiger partial charge is 0.506 e. The van der Waals surface area contributed by atoms with Crippen molar-refractivity contribution in [1.29, 1.82) is 0 Å². The van der Waals surface area contributed by atoms with E-state index < -0.39 is 0 Å². The van der Waals surface area contributed by atoms with Gasteiger partial charge in [-0.05, 0) is 63.1 Å². The minimum Gasteiger partial charge on any atom is -0.506 e. The molecule has 0 bridgehead atoms. The van der Waals surface area contributed by atoms with E-state index >= 15 is 0 Å². The lowest BCUT2D eigenvalue weighted by Gasteiger charge is -2.20. The van der Waals surface area contributed by atoms with E-state index in [9.17, 15) is 5.11 Å². The number of hydrogen-bond acceptors (Lipinski definition) is 3. The number of halogens is 1. The molecule has 0 spiro atoms. The summed E-state index contributed by atoms with van der Waals surface area (Å²) in [7, 11) is 0. The zero-order valence-electron chi connectivity index (χ0n) is 12.2. The Morgan fingerprint density at radius 2 is 1.90 bits per heavy atom. The molecule has 0 aliphatic heterocycles. The van der Waals surface area contributed by atoms with Crippen LogP contribution in [0, 0.1) is 20.8 Å². The number of aromatic nitrogens is 1. The molecule has 0 saturated carbocycles. The lowest BCUT2D eigenvalue weighted by Crippen LogP contribution is -2.11. The lowest BCUT2D eigenvalue weighted by atomic mass is 10.00. The zero-order valence-corrected chi connectivity index (χ0v) is 12.9. The molecule has 1 unspecified atom stereocenters. The average molecular weight is 291 g/mol. The number of nitrogens with zero attached hydrogens (tertiary/aromatic N) is 1. The number of aromatic hydroxyl groups is 1. The van der Waals surface area contributed by atoms with Gasteiger partial charge in [0, 0.05) is 17.1 Å². The smallest absolute Gasteiger partial charge is 0.134 e. The second-order valence-electron chi connectivity index (χ2n) is 5.11. The quantitative estimate of drug-likeness (QED) is 0.816. The standard InChI is InChI=1S/C16H19ClN2O/c1-9-7-10(2)18-11(3)16(9)12(4)19-13-5-6-15(20)14(17)8-13/h5-8,12,19-20H,1-4H3. The van der Waals surface area contributed by atoms with Crippen LogP contribution in [0.15, 0.2) is 24.3 Å². The monoisotopic (exact) mass is 290 g/mol. The van der Waals surface area contributed by atoms with Crippen molar-refractivity contribution >= 4 is 17.3 Å². The average Bonchev–Trinajstić information content (AvgIpc) is 2.32. The van der Waals surface area contributed by atoms with Crippen LogP contribution in [0.25, 0.3) is 0 Å². The van der Waals surface area contributed by atoms with Crippen LogP contribution in [0.5, 0.6) is 5.75 Å². The fourth-order valence-electron chi connectivity index (χ4n) is 2.61. The van der Waals surface area contributed by atoms with Gasteiger partial charge >= 0.3 is 0 Å². The third-order valence-electron chi connectivity index (χ3n) is 3.35. The molecule has 2 N–H and O–H groups in total. The number of pyridine rings is 1. The first-order valence-corrected chi connectivity index (χ1v) is 6.96. The van der Waals surface area contributed by atoms with Gasteiger partial charge in [0.15, 0.2) is 0 Å². The Labute approximate surface area is 124 Å². The van der Waals surface area contributed by atoms with Gasteiger partial charge in [0.05, 0.1) is 11.1 Å². The van der Waals surface area contributed by atoms with Crippen LogP contribution in [0.2, 0.25) is 5.02 Å². The van der Waals surface area contributed by atoms with Gasteiger partial charge in [-0.2, -0.15) is 0 Å². The number of hydrogen-bond donors (Lipinski definition) is 2. The molecule has 0 amide bonds. The molecule has 2 rings (SSSR count). The van der Waals surface area contributed by atoms with Gasteiger partial charge in [-0.1, -0.05) is 11.6 Å². The van der Waals surface area contributed by atoms with Gasteiger partial charge < -0.3 is 10.4 Å². The minimum atomic E-state index is 0.0919. The molecular formula is C16H19ClN2O. The maximum atomic E-state index is 9.44. The Bertz CT molecular complexity index is 617. The summed E-state index contributed by atoms with van der Waals surface area (Å²) < 4.78 is 0. The second kappa shape index (κ2) is 5.71. The van der Waals surface area contributed by atoms with Crippen LogP contribution in [-0.4, -0.2) is 10.1 Å². The Kier molecular flexibility index (Phi) is 4.19. The van der Waals surface area contributed by atoms with Gasteiger partial charge in [-0.25, -0.2) is 0 Å². The van der Waals surface area contributed by atoms with Gasteiger partial charge in [-0.3, -0.25) is 4.98 Å². The molecule has 0 aliphatic rings. The van der Waals surface area contributed by atoms with Crippen molar-refractivity contribution in [3.8, 4) is 5.75 Å². The summed E-state index contributed by atoms with van der Waals surface area (Å²) in [5, 5.41) is 13.2. The van der Waals surface area contributed by atoms with E-state index in [1.165, 1.54) is 11.1 Å². The molecule has 0 fully saturated rings. The summed E-state index contributed by atoms with van der Waals surface area (Å²) in [4.78, 5) is 4.52. The molecule has 1 aromatic carbocycles. The van der Waals surface area contributed by atoms with Crippen molar-refractivity contribution in [2.24, 2.45) is 0 Å². The van der Waals surface area contributed by atoms with Crippen LogP contribution in [0.1, 0.15) is 35.5 Å². The molecule has 0 aliphatic carbocycles. The molecule has 0 radical (unpaired) electrons. The number of benzene rings is 1. The first-order valence-electron chi connectivity index (χ1n) is 6.58. The predicted octanol–water partition coefficient (Wildman–Crippen LogP) is 4.54. The van der Waals surface area contributed by atoms with Crippen molar-refractivity contribution < 1.29 is 5.11 Å². The normalized spacial score (nSPS) is 12.2. The number of aryl methyl sites for hydroxylation is 3. The Balaban J connectivity index is 2.28. The summed E-state index contributed by atoms with van der Waals surface area (Å²) in [6, 6.07) is 7.32. The molecule has 2 aromatic rings. The highest BCUT2D eigenvalue weighted by Crippen LogP contribution is 2.29. The van der Waals surface area contributed by atoms with E-state index in [-0.39, 0.29) is 11.8 Å². The van der Waals surface area contributed by atoms with Crippen LogP contribution in [-0.2, 0) is 0 Å². The maximum absolute atomic E-state index is 9.44. The Hall–Kier alpha value is -1.74. The van der Waals surface area contributed by atoms with E-state index in [0.29, 0.717) is 5.02 Å². The van der Waals surface area contributed by atoms with Crippen molar-refractivity contribution in [2.45, 2.75) is 33.7 Å². The van der Waals surface area contributed by atoms with Crippen molar-refractivity contribution in [3.05, 3.63) is 51.8 Å². The summed E-state index contributed by atoms with van der Waals surface area (Å²) >= 11 is 5.92. The highest BCUT2D eigenvalue weighted by atomic mass is 35.5. The second-order valence-corrected chi connectivity index (χ2v) is 5.52. The molecule has 1 aromatic heterocycles. The first kappa shape index (κ1) is 14.7. The zero-order chi connectivity index (χ0) is 14.9. The van der Waals surface area contributed by atoms with Gasteiger partial charge in [0.2, 0.25) is 0 Å². The van der Waals surface area contributed by atoms with E-state index in [4.69, 9.17) is 11.6 Å². The highest BCUT2D eigenvalue weighted by molar-refractivity contribution is 6.32. The molecular weight excluding hydrogens is 272 g/mol. The summed E-state index contributed by atoms with van der Waals surface area (Å²) in [6.45, 7) is 8.21. The third-order valence-corrected chi connectivity index (χ3v) is 3.65. The Morgan fingerprint density at radius 3 is 2.50 bits per heavy atom. The van der Waals surface area contributed by atoms with E-state index in [1.807, 2.05) is 19.9 Å². The topological polar surface area (TPSA) is 45.1 Å². The van der Waals surface area contributed by atoms with E-state index in [1.54, 1.807) is 12.1 Å². The van der Waals surface area contributed by atoms with Crippen molar-refractivity contribution in [3.63, 3.8) is 0 Å². The number of phenolic OH excluding ortho intramolecular Hbond substituents is 1. The molecule has 3 nitrogen and oxygen atoms in total. The van der Waals surface area contributed by atoms with Crippen LogP contribution < -0.4 is 5.32 Å². The van der Waals surface area contributed by atoms with Gasteiger partial charge in [0.1, 0.15) is 5.75 Å². The maximum Gasteiger partial charge on any atom is 0.134 e. The van der Waals surface area contributed by atoms with E-state index in [2.05, 4.69) is 30.2 Å². The first-order chi connectivity index (χ1) is 9.38. The van der Waals surface area contributed by atoms with Gasteiger partial charge in [-0.15, -0.1) is 0 Å². The van der Waals surface area contributed by atoms with Crippen molar-refractivity contribution in [1.82, 2.24) is 4.98 Å². The fraction of sp³-hybridized carbons (Fsp3) is 0.312. The van der Waals surface area contributed by atoms with Crippen LogP contribution in [0.4, 0.5) is 5.69 Å². The fourth-order valence-corrected chi connectivity index (χ4v) is 2.79. The van der Waals surface area contributed by atoms with E-state index in [0.717, 1.165) is 17.1 Å². The minimum absolute atomic E-state index is 0.0919. The number of anilines is 1. The molecule has 1 heterocycles. The molecule has 4 heteroatoms. The Morgan fingerprint density at radius 1 is 1.20 bits per heavy atom. The summed E-state index contributed by atoms with van der Waals surface area (Å²) in [5.41, 5.74) is 5.36. The summed E-state index contributed by atoms with van der Waals surface area (Å²) in [5.74, 6) is 0.0919. The van der Waals surface area contributed by atoms with Crippen molar-refractivity contribution in [2.75, 3.05) is 5.32 Å². The predicted molar refractivity (Wildman–Crippen MR) is 83.6 cm³/mol. The molecule has 0 saturated heterocycles. The number of rotatable bonds is 3. The number of nitrogens with one attached hydrogen (secondary N) is 1. The van der Waals surface area contributed by atoms with Crippen LogP contribution >= 0.6 is 11.6 Å². The molecule has 106 valence electrons. The SMILES string of the molecule is Cc1cc(C)c(C(C)Nc2ccc(O)c(Cl)c2)c(C)n1. The molecule has 20 heavy (non-hydrogen) atoms. The van der Waals surface area contributed by atoms with Crippen LogP contribution in [0.3, 0.4) is 0 Å². The third kappa shape index (κ3) is 3.05. The molecule has 1 atom stereocenters. The lowest BCUT2D eigenvalue weighted by molar-refractivity contribution is 0.475. The number of phenols is 1.